The predicted molar refractivity (Wildman–Crippen MR) is 68.4 cm³/mol. The van der Waals surface area contributed by atoms with Gasteiger partial charge in [-0.2, -0.15) is 0 Å². The molecule has 5 heteroatoms. The third kappa shape index (κ3) is 8.68. The fourth-order valence-corrected chi connectivity index (χ4v) is 1.19. The molecule has 0 fully saturated rings. The molecule has 2 amide bonds. The Morgan fingerprint density at radius 3 is 2.24 bits per heavy atom. The van der Waals surface area contributed by atoms with E-state index in [-0.39, 0.29) is 23.8 Å². The normalized spacial score (nSPS) is 12.3. The molecule has 0 spiro atoms. The standard InChI is InChI=1S/C12H25N3O2/c1-4-6-14-11(16)5-7-15-12(17)8-10(13)9(2)3/h9-10H,4-8,13H2,1-3H3,(H,14,16)(H,15,17). The first-order valence-corrected chi connectivity index (χ1v) is 6.26. The Morgan fingerprint density at radius 2 is 1.71 bits per heavy atom. The van der Waals surface area contributed by atoms with Gasteiger partial charge in [0.25, 0.3) is 0 Å². The van der Waals surface area contributed by atoms with Gasteiger partial charge < -0.3 is 16.4 Å². The van der Waals surface area contributed by atoms with Crippen LogP contribution in [0.3, 0.4) is 0 Å². The van der Waals surface area contributed by atoms with E-state index in [1.165, 1.54) is 0 Å². The first-order valence-electron chi connectivity index (χ1n) is 6.26. The second kappa shape index (κ2) is 8.98. The van der Waals surface area contributed by atoms with Crippen LogP contribution in [-0.2, 0) is 9.59 Å². The van der Waals surface area contributed by atoms with E-state index in [1.807, 2.05) is 20.8 Å². The number of hydrogen-bond acceptors (Lipinski definition) is 3. The van der Waals surface area contributed by atoms with Gasteiger partial charge in [-0.15, -0.1) is 0 Å². The largest absolute Gasteiger partial charge is 0.356 e. The van der Waals surface area contributed by atoms with Crippen LogP contribution in [0, 0.1) is 5.92 Å². The summed E-state index contributed by atoms with van der Waals surface area (Å²) in [5.74, 6) is 0.170. The Kier molecular flexibility index (Phi) is 8.40. The zero-order valence-corrected chi connectivity index (χ0v) is 11.1. The Hall–Kier alpha value is -1.10. The molecule has 0 bridgehead atoms. The molecule has 0 aromatic carbocycles. The van der Waals surface area contributed by atoms with Gasteiger partial charge in [-0.3, -0.25) is 9.59 Å². The molecule has 4 N–H and O–H groups in total. The molecule has 0 radical (unpaired) electrons. The van der Waals surface area contributed by atoms with Crippen molar-refractivity contribution in [3.8, 4) is 0 Å². The third-order valence-electron chi connectivity index (χ3n) is 2.52. The van der Waals surface area contributed by atoms with E-state index in [4.69, 9.17) is 5.73 Å². The van der Waals surface area contributed by atoms with Crippen molar-refractivity contribution in [2.24, 2.45) is 11.7 Å². The number of nitrogens with two attached hydrogens (primary N) is 1. The maximum Gasteiger partial charge on any atom is 0.221 e. The predicted octanol–water partition coefficient (Wildman–Crippen LogP) is 0.392. The van der Waals surface area contributed by atoms with Crippen molar-refractivity contribution in [1.29, 1.82) is 0 Å². The number of nitrogens with one attached hydrogen (secondary N) is 2. The minimum Gasteiger partial charge on any atom is -0.356 e. The van der Waals surface area contributed by atoms with Gasteiger partial charge >= 0.3 is 0 Å². The van der Waals surface area contributed by atoms with Crippen molar-refractivity contribution < 1.29 is 9.59 Å². The molecule has 0 rings (SSSR count). The van der Waals surface area contributed by atoms with Gasteiger partial charge in [0.15, 0.2) is 0 Å². The topological polar surface area (TPSA) is 84.2 Å². The van der Waals surface area contributed by atoms with Crippen LogP contribution in [0.15, 0.2) is 0 Å². The summed E-state index contributed by atoms with van der Waals surface area (Å²) in [5.41, 5.74) is 5.77. The molecule has 0 aromatic heterocycles. The fraction of sp³-hybridized carbons (Fsp3) is 0.833. The number of amides is 2. The Bertz CT molecular complexity index is 242. The van der Waals surface area contributed by atoms with Crippen LogP contribution in [0.2, 0.25) is 0 Å². The highest BCUT2D eigenvalue weighted by atomic mass is 16.2. The molecule has 0 saturated heterocycles. The zero-order chi connectivity index (χ0) is 13.3. The molecule has 0 aromatic rings. The summed E-state index contributed by atoms with van der Waals surface area (Å²) >= 11 is 0. The lowest BCUT2D eigenvalue weighted by atomic mass is 10.0. The van der Waals surface area contributed by atoms with Gasteiger partial charge in [0, 0.05) is 32.0 Å². The molecular weight excluding hydrogens is 218 g/mol. The summed E-state index contributed by atoms with van der Waals surface area (Å²) in [7, 11) is 0. The Labute approximate surface area is 104 Å². The first kappa shape index (κ1) is 15.9. The van der Waals surface area contributed by atoms with E-state index in [9.17, 15) is 9.59 Å². The summed E-state index contributed by atoms with van der Waals surface area (Å²) in [4.78, 5) is 22.7. The highest BCUT2D eigenvalue weighted by molar-refractivity contribution is 5.79. The average Bonchev–Trinajstić information content (AvgIpc) is 2.26. The molecule has 0 aliphatic heterocycles. The van der Waals surface area contributed by atoms with E-state index in [0.29, 0.717) is 25.9 Å². The van der Waals surface area contributed by atoms with Gasteiger partial charge in [0.2, 0.25) is 11.8 Å². The van der Waals surface area contributed by atoms with E-state index in [1.54, 1.807) is 0 Å². The fourth-order valence-electron chi connectivity index (χ4n) is 1.19. The van der Waals surface area contributed by atoms with Crippen molar-refractivity contribution in [2.45, 2.75) is 46.1 Å². The Balaban J connectivity index is 3.61. The molecule has 17 heavy (non-hydrogen) atoms. The second-order valence-corrected chi connectivity index (χ2v) is 4.56. The maximum absolute atomic E-state index is 11.4. The molecule has 0 aliphatic carbocycles. The molecular formula is C12H25N3O2. The minimum atomic E-state index is -0.121. The van der Waals surface area contributed by atoms with E-state index in [0.717, 1.165) is 6.42 Å². The maximum atomic E-state index is 11.4. The summed E-state index contributed by atoms with van der Waals surface area (Å²) in [5, 5.41) is 5.45. The van der Waals surface area contributed by atoms with E-state index >= 15 is 0 Å². The second-order valence-electron chi connectivity index (χ2n) is 4.56. The van der Waals surface area contributed by atoms with Gasteiger partial charge in [0.05, 0.1) is 0 Å². The highest BCUT2D eigenvalue weighted by Gasteiger charge is 2.12. The lowest BCUT2D eigenvalue weighted by Crippen LogP contribution is -2.36. The van der Waals surface area contributed by atoms with Crippen molar-refractivity contribution in [2.75, 3.05) is 13.1 Å². The average molecular weight is 243 g/mol. The number of carbonyl (C=O) groups excluding carboxylic acids is 2. The molecule has 0 aliphatic rings. The van der Waals surface area contributed by atoms with Crippen molar-refractivity contribution in [3.63, 3.8) is 0 Å². The van der Waals surface area contributed by atoms with Crippen LogP contribution in [0.4, 0.5) is 0 Å². The number of rotatable bonds is 8. The van der Waals surface area contributed by atoms with Crippen LogP contribution < -0.4 is 16.4 Å². The molecule has 5 nitrogen and oxygen atoms in total. The monoisotopic (exact) mass is 243 g/mol. The Morgan fingerprint density at radius 1 is 1.12 bits per heavy atom. The third-order valence-corrected chi connectivity index (χ3v) is 2.52. The molecule has 100 valence electrons. The minimum absolute atomic E-state index is 0.0275. The highest BCUT2D eigenvalue weighted by Crippen LogP contribution is 2.02. The van der Waals surface area contributed by atoms with Crippen LogP contribution in [-0.4, -0.2) is 30.9 Å². The summed E-state index contributed by atoms with van der Waals surface area (Å²) in [6, 6.07) is -0.121. The van der Waals surface area contributed by atoms with Gasteiger partial charge in [-0.25, -0.2) is 0 Å². The molecule has 1 atom stereocenters. The summed E-state index contributed by atoms with van der Waals surface area (Å²) in [6.07, 6.45) is 1.55. The van der Waals surface area contributed by atoms with E-state index < -0.39 is 0 Å². The molecule has 0 saturated carbocycles. The van der Waals surface area contributed by atoms with Crippen molar-refractivity contribution in [1.82, 2.24) is 10.6 Å². The summed E-state index contributed by atoms with van der Waals surface area (Å²) in [6.45, 7) is 7.02. The van der Waals surface area contributed by atoms with Gasteiger partial charge in [0.1, 0.15) is 0 Å². The quantitative estimate of drug-likeness (QED) is 0.576. The van der Waals surface area contributed by atoms with Gasteiger partial charge in [-0.05, 0) is 12.3 Å². The smallest absolute Gasteiger partial charge is 0.221 e. The van der Waals surface area contributed by atoms with Gasteiger partial charge in [-0.1, -0.05) is 20.8 Å². The first-order chi connectivity index (χ1) is 7.97. The van der Waals surface area contributed by atoms with Crippen LogP contribution in [0.25, 0.3) is 0 Å². The van der Waals surface area contributed by atoms with Crippen LogP contribution in [0.5, 0.6) is 0 Å². The zero-order valence-electron chi connectivity index (χ0n) is 11.1. The van der Waals surface area contributed by atoms with E-state index in [2.05, 4.69) is 10.6 Å². The number of hydrogen-bond donors (Lipinski definition) is 3. The summed E-state index contributed by atoms with van der Waals surface area (Å²) < 4.78 is 0. The van der Waals surface area contributed by atoms with Crippen molar-refractivity contribution >= 4 is 11.8 Å². The van der Waals surface area contributed by atoms with Crippen LogP contribution >= 0.6 is 0 Å². The lowest BCUT2D eigenvalue weighted by Gasteiger charge is -2.14. The van der Waals surface area contributed by atoms with Crippen LogP contribution in [0.1, 0.15) is 40.0 Å². The SMILES string of the molecule is CCCNC(=O)CCNC(=O)CC(N)C(C)C. The lowest BCUT2D eigenvalue weighted by molar-refractivity contribution is -0.122. The molecule has 1 unspecified atom stereocenters. The van der Waals surface area contributed by atoms with Crippen molar-refractivity contribution in [3.05, 3.63) is 0 Å². The number of carbonyl (C=O) groups is 2. The molecule has 0 heterocycles.